The molecule has 0 amide bonds. The number of halogens is 3. The third kappa shape index (κ3) is 8.81. The molecule has 0 fully saturated rings. The molecule has 0 saturated carbocycles. The third-order valence-electron chi connectivity index (χ3n) is 7.05. The second-order valence-electron chi connectivity index (χ2n) is 10.8. The van der Waals surface area contributed by atoms with Crippen LogP contribution < -0.4 is 32.5 Å². The third-order valence-corrected chi connectivity index (χ3v) is 7.05. The highest BCUT2D eigenvalue weighted by molar-refractivity contribution is 5.83. The van der Waals surface area contributed by atoms with Crippen LogP contribution in [0, 0.1) is 5.41 Å². The summed E-state index contributed by atoms with van der Waals surface area (Å²) in [4.78, 5) is 20.1. The van der Waals surface area contributed by atoms with Crippen molar-refractivity contribution in [1.82, 2.24) is 25.2 Å². The number of nitrogens with one attached hydrogen (secondary N) is 4. The fraction of sp³-hybridized carbons (Fsp3) is 0.367. The number of fused-ring (bicyclic) bond motifs is 1. The van der Waals surface area contributed by atoms with Crippen molar-refractivity contribution in [3.63, 3.8) is 0 Å². The maximum atomic E-state index is 13.1. The van der Waals surface area contributed by atoms with E-state index >= 15 is 0 Å². The highest BCUT2D eigenvalue weighted by atomic mass is 19.4. The molecule has 4 aromatic rings. The number of aliphatic hydroxyl groups excluding tert-OH is 1. The van der Waals surface area contributed by atoms with Gasteiger partial charge in [0.15, 0.2) is 5.96 Å². The van der Waals surface area contributed by atoms with Gasteiger partial charge >= 0.3 is 12.1 Å². The molecule has 0 aliphatic carbocycles. The zero-order valence-corrected chi connectivity index (χ0v) is 24.4. The largest absolute Gasteiger partial charge is 0.573 e. The van der Waals surface area contributed by atoms with E-state index < -0.39 is 23.9 Å². The first-order chi connectivity index (χ1) is 20.8. The summed E-state index contributed by atoms with van der Waals surface area (Å²) in [5.74, 6) is -0.539. The van der Waals surface area contributed by atoms with Crippen molar-refractivity contribution in [3.05, 3.63) is 76.3 Å². The van der Waals surface area contributed by atoms with Crippen LogP contribution in [-0.2, 0) is 0 Å². The van der Waals surface area contributed by atoms with E-state index in [2.05, 4.69) is 25.3 Å². The molecule has 11 nitrogen and oxygen atoms in total. The number of alkyl halides is 3. The van der Waals surface area contributed by atoms with Gasteiger partial charge in [0.05, 0.1) is 11.8 Å². The standard InChI is InChI=1S/C30H37F3N8O3/c1-17(34)4-9-26(42)21-12-20(13-24(14-21)44-30(31,32)33)25-15-22-16-41(29(43)40-27(22)39-25)23-7-5-19(6-8-23)18(2)37-10-3-11-38-28(35)36/h5-8,12-18,26,37,42H,3-4,9-11,34H2,1-2H3,(H4,35,36,38)(H,39,40,43)/t17-,18-,26+/m0/s1. The Labute approximate surface area is 251 Å². The van der Waals surface area contributed by atoms with E-state index in [9.17, 15) is 23.1 Å². The normalized spacial score (nSPS) is 13.9. The highest BCUT2D eigenvalue weighted by Gasteiger charge is 2.31. The van der Waals surface area contributed by atoms with Crippen molar-refractivity contribution in [2.45, 2.75) is 57.7 Å². The van der Waals surface area contributed by atoms with E-state index in [4.69, 9.17) is 16.9 Å². The maximum Gasteiger partial charge on any atom is 0.573 e. The van der Waals surface area contributed by atoms with Crippen LogP contribution in [0.5, 0.6) is 5.75 Å². The molecule has 2 aromatic heterocycles. The molecule has 0 unspecified atom stereocenters. The number of hydrogen-bond acceptors (Lipinski definition) is 7. The molecule has 0 aliphatic heterocycles. The number of guanidine groups is 1. The Morgan fingerprint density at radius 1 is 1.11 bits per heavy atom. The number of rotatable bonds is 13. The van der Waals surface area contributed by atoms with Crippen LogP contribution in [0.15, 0.2) is 59.5 Å². The molecule has 0 spiro atoms. The monoisotopic (exact) mass is 614 g/mol. The van der Waals surface area contributed by atoms with Gasteiger partial charge in [0.1, 0.15) is 11.4 Å². The number of nitrogens with two attached hydrogens (primary N) is 2. The summed E-state index contributed by atoms with van der Waals surface area (Å²) in [6.45, 7) is 5.11. The molecule has 2 heterocycles. The van der Waals surface area contributed by atoms with E-state index in [0.29, 0.717) is 35.3 Å². The predicted molar refractivity (Wildman–Crippen MR) is 163 cm³/mol. The zero-order chi connectivity index (χ0) is 32.0. The maximum absolute atomic E-state index is 13.1. The summed E-state index contributed by atoms with van der Waals surface area (Å²) >= 11 is 0. The van der Waals surface area contributed by atoms with Crippen LogP contribution in [0.4, 0.5) is 13.2 Å². The van der Waals surface area contributed by atoms with Crippen molar-refractivity contribution in [2.75, 3.05) is 13.1 Å². The Kier molecular flexibility index (Phi) is 10.3. The second kappa shape index (κ2) is 13.9. The molecule has 14 heteroatoms. The van der Waals surface area contributed by atoms with Gasteiger partial charge in [-0.2, -0.15) is 4.98 Å². The first kappa shape index (κ1) is 32.5. The number of aromatic amines is 1. The molecule has 0 aliphatic rings. The molecule has 2 aromatic carbocycles. The lowest BCUT2D eigenvalue weighted by atomic mass is 9.99. The number of nitrogens with zero attached hydrogens (tertiary/aromatic N) is 2. The van der Waals surface area contributed by atoms with Gasteiger partial charge in [0.25, 0.3) is 0 Å². The van der Waals surface area contributed by atoms with Gasteiger partial charge in [-0.3, -0.25) is 9.98 Å². The Hall–Kier alpha value is -4.40. The summed E-state index contributed by atoms with van der Waals surface area (Å²) in [7, 11) is 0. The summed E-state index contributed by atoms with van der Waals surface area (Å²) < 4.78 is 44.8. The lowest BCUT2D eigenvalue weighted by Gasteiger charge is -2.16. The molecule has 0 saturated heterocycles. The van der Waals surface area contributed by atoms with E-state index in [1.807, 2.05) is 19.1 Å². The van der Waals surface area contributed by atoms with Gasteiger partial charge < -0.3 is 36.9 Å². The number of hydrogen-bond donors (Lipinski definition) is 7. The lowest BCUT2D eigenvalue weighted by molar-refractivity contribution is -0.274. The van der Waals surface area contributed by atoms with E-state index in [-0.39, 0.29) is 35.7 Å². The van der Waals surface area contributed by atoms with Gasteiger partial charge in [-0.15, -0.1) is 13.2 Å². The van der Waals surface area contributed by atoms with Gasteiger partial charge in [-0.1, -0.05) is 12.1 Å². The Bertz CT molecular complexity index is 1630. The molecule has 0 radical (unpaired) electrons. The fourth-order valence-corrected chi connectivity index (χ4v) is 4.76. The molecular formula is C30H37F3N8O3. The average molecular weight is 615 g/mol. The van der Waals surface area contributed by atoms with Crippen LogP contribution in [0.2, 0.25) is 0 Å². The average Bonchev–Trinajstić information content (AvgIpc) is 3.37. The number of ether oxygens (including phenoxy) is 1. The van der Waals surface area contributed by atoms with Crippen LogP contribution >= 0.6 is 0 Å². The van der Waals surface area contributed by atoms with Gasteiger partial charge in [0.2, 0.25) is 0 Å². The number of benzene rings is 2. The quantitative estimate of drug-likeness (QED) is 0.0671. The fourth-order valence-electron chi connectivity index (χ4n) is 4.76. The summed E-state index contributed by atoms with van der Waals surface area (Å²) in [5.41, 5.74) is 13.3. The zero-order valence-electron chi connectivity index (χ0n) is 24.4. The minimum Gasteiger partial charge on any atom is -0.406 e. The summed E-state index contributed by atoms with van der Waals surface area (Å²) in [5, 5.41) is 24.6. The summed E-state index contributed by atoms with van der Waals surface area (Å²) in [6, 6.07) is 12.9. The van der Waals surface area contributed by atoms with Crippen molar-refractivity contribution >= 4 is 17.0 Å². The molecule has 4 rings (SSSR count). The van der Waals surface area contributed by atoms with E-state index in [1.165, 1.54) is 10.6 Å². The van der Waals surface area contributed by atoms with Crippen molar-refractivity contribution in [1.29, 1.82) is 5.41 Å². The molecular weight excluding hydrogens is 577 g/mol. The lowest BCUT2D eigenvalue weighted by Crippen LogP contribution is -2.32. The number of aromatic nitrogens is 3. The Balaban J connectivity index is 1.58. The molecule has 236 valence electrons. The number of H-pyrrole nitrogens is 1. The minimum atomic E-state index is -4.92. The first-order valence-corrected chi connectivity index (χ1v) is 14.2. The molecule has 0 bridgehead atoms. The Morgan fingerprint density at radius 3 is 2.50 bits per heavy atom. The van der Waals surface area contributed by atoms with Crippen LogP contribution in [0.25, 0.3) is 28.0 Å². The highest BCUT2D eigenvalue weighted by Crippen LogP contribution is 2.34. The topological polar surface area (TPSA) is 180 Å². The predicted octanol–water partition coefficient (Wildman–Crippen LogP) is 3.96. The molecule has 9 N–H and O–H groups in total. The van der Waals surface area contributed by atoms with Gasteiger partial charge in [0, 0.05) is 41.5 Å². The minimum absolute atomic E-state index is 0.0464. The van der Waals surface area contributed by atoms with Gasteiger partial charge in [-0.05, 0) is 87.2 Å². The first-order valence-electron chi connectivity index (χ1n) is 14.2. The van der Waals surface area contributed by atoms with Crippen LogP contribution in [0.1, 0.15) is 56.4 Å². The Morgan fingerprint density at radius 2 is 1.84 bits per heavy atom. The van der Waals surface area contributed by atoms with Crippen LogP contribution in [0.3, 0.4) is 0 Å². The van der Waals surface area contributed by atoms with Crippen molar-refractivity contribution in [2.24, 2.45) is 11.5 Å². The second-order valence-corrected chi connectivity index (χ2v) is 10.8. The van der Waals surface area contributed by atoms with Crippen molar-refractivity contribution < 1.29 is 23.0 Å². The smallest absolute Gasteiger partial charge is 0.406 e. The van der Waals surface area contributed by atoms with E-state index in [1.54, 1.807) is 37.4 Å². The SMILES string of the molecule is C[C@H](N)CC[C@@H](O)c1cc(OC(F)(F)F)cc(-c2cc3cn(-c4ccc([C@H](C)NCCCNC(=N)N)cc4)c(=O)nc3[nH]2)c1. The molecule has 44 heavy (non-hydrogen) atoms. The number of aliphatic hydroxyl groups is 1. The molecule has 3 atom stereocenters. The summed E-state index contributed by atoms with van der Waals surface area (Å²) in [6.07, 6.45) is -2.85. The van der Waals surface area contributed by atoms with Crippen LogP contribution in [-0.4, -0.2) is 51.1 Å². The van der Waals surface area contributed by atoms with Crippen molar-refractivity contribution in [3.8, 4) is 22.7 Å². The van der Waals surface area contributed by atoms with Gasteiger partial charge in [-0.25, -0.2) is 4.79 Å². The van der Waals surface area contributed by atoms with E-state index in [0.717, 1.165) is 24.6 Å².